The molecule has 1 aliphatic heterocycles. The Labute approximate surface area is 124 Å². The van der Waals surface area contributed by atoms with Crippen molar-refractivity contribution in [3.63, 3.8) is 0 Å². The molecule has 4 heteroatoms. The van der Waals surface area contributed by atoms with Crippen molar-refractivity contribution < 1.29 is 0 Å². The Morgan fingerprint density at radius 3 is 2.53 bits per heavy atom. The molecule has 0 amide bonds. The number of anilines is 1. The van der Waals surface area contributed by atoms with Crippen LogP contribution in [0.4, 0.5) is 5.69 Å². The molecule has 104 valence electrons. The third kappa shape index (κ3) is 3.12. The summed E-state index contributed by atoms with van der Waals surface area (Å²) in [6.07, 6.45) is 2.84. The van der Waals surface area contributed by atoms with E-state index in [0.29, 0.717) is 0 Å². The van der Waals surface area contributed by atoms with E-state index < -0.39 is 0 Å². The lowest BCUT2D eigenvalue weighted by molar-refractivity contribution is 0.248. The van der Waals surface area contributed by atoms with Gasteiger partial charge < -0.3 is 10.2 Å². The highest BCUT2D eigenvalue weighted by Gasteiger charge is 2.31. The quantitative estimate of drug-likeness (QED) is 0.918. The van der Waals surface area contributed by atoms with Gasteiger partial charge in [-0.2, -0.15) is 0 Å². The second-order valence-corrected chi connectivity index (χ2v) is 6.41. The summed E-state index contributed by atoms with van der Waals surface area (Å²) in [5, 5.41) is 3.20. The SMILES string of the molecule is CNCc1ccc(N2CCN(C3CC3)CC2)cc1Br. The van der Waals surface area contributed by atoms with E-state index in [1.807, 2.05) is 7.05 Å². The fourth-order valence-corrected chi connectivity index (χ4v) is 3.36. The number of hydrogen-bond donors (Lipinski definition) is 1. The number of halogens is 1. The Bertz CT molecular complexity index is 437. The highest BCUT2D eigenvalue weighted by atomic mass is 79.9. The molecule has 1 aromatic carbocycles. The fraction of sp³-hybridized carbons (Fsp3) is 0.600. The van der Waals surface area contributed by atoms with Gasteiger partial charge >= 0.3 is 0 Å². The molecule has 2 fully saturated rings. The minimum absolute atomic E-state index is 0.909. The van der Waals surface area contributed by atoms with Crippen LogP contribution in [0.3, 0.4) is 0 Å². The van der Waals surface area contributed by atoms with Crippen molar-refractivity contribution >= 4 is 21.6 Å². The Morgan fingerprint density at radius 2 is 1.95 bits per heavy atom. The normalized spacial score (nSPS) is 20.8. The number of piperazine rings is 1. The van der Waals surface area contributed by atoms with E-state index in [1.54, 1.807) is 0 Å². The molecule has 1 heterocycles. The predicted octanol–water partition coefficient (Wildman–Crippen LogP) is 2.45. The van der Waals surface area contributed by atoms with Gasteiger partial charge in [0.25, 0.3) is 0 Å². The van der Waals surface area contributed by atoms with Crippen LogP contribution in [0.25, 0.3) is 0 Å². The molecule has 0 bridgehead atoms. The van der Waals surface area contributed by atoms with Gasteiger partial charge in [0.1, 0.15) is 0 Å². The minimum atomic E-state index is 0.909. The van der Waals surface area contributed by atoms with Crippen LogP contribution in [0.1, 0.15) is 18.4 Å². The smallest absolute Gasteiger partial charge is 0.0378 e. The minimum Gasteiger partial charge on any atom is -0.369 e. The number of nitrogens with zero attached hydrogens (tertiary/aromatic N) is 2. The number of rotatable bonds is 4. The third-order valence-corrected chi connectivity index (χ3v) is 4.88. The van der Waals surface area contributed by atoms with Crippen LogP contribution in [0.5, 0.6) is 0 Å². The second kappa shape index (κ2) is 5.81. The van der Waals surface area contributed by atoms with Gasteiger partial charge in [0, 0.05) is 48.9 Å². The Balaban J connectivity index is 1.64. The molecule has 0 aromatic heterocycles. The predicted molar refractivity (Wildman–Crippen MR) is 83.7 cm³/mol. The zero-order chi connectivity index (χ0) is 13.2. The van der Waals surface area contributed by atoms with Gasteiger partial charge in [0.05, 0.1) is 0 Å². The van der Waals surface area contributed by atoms with Crippen LogP contribution in [0.15, 0.2) is 22.7 Å². The Morgan fingerprint density at radius 1 is 1.21 bits per heavy atom. The monoisotopic (exact) mass is 323 g/mol. The maximum Gasteiger partial charge on any atom is 0.0378 e. The first kappa shape index (κ1) is 13.4. The molecule has 19 heavy (non-hydrogen) atoms. The molecule has 0 radical (unpaired) electrons. The highest BCUT2D eigenvalue weighted by Crippen LogP contribution is 2.29. The molecule has 1 aliphatic carbocycles. The van der Waals surface area contributed by atoms with Crippen LogP contribution < -0.4 is 10.2 Å². The zero-order valence-electron chi connectivity index (χ0n) is 11.5. The van der Waals surface area contributed by atoms with E-state index in [9.17, 15) is 0 Å². The largest absolute Gasteiger partial charge is 0.369 e. The van der Waals surface area contributed by atoms with Crippen LogP contribution in [-0.2, 0) is 6.54 Å². The highest BCUT2D eigenvalue weighted by molar-refractivity contribution is 9.10. The van der Waals surface area contributed by atoms with E-state index in [1.165, 1.54) is 41.7 Å². The first-order valence-electron chi connectivity index (χ1n) is 7.20. The maximum absolute atomic E-state index is 3.68. The summed E-state index contributed by atoms with van der Waals surface area (Å²) < 4.78 is 1.21. The number of benzene rings is 1. The molecule has 1 aromatic rings. The van der Waals surface area contributed by atoms with Gasteiger partial charge in [-0.05, 0) is 37.6 Å². The zero-order valence-corrected chi connectivity index (χ0v) is 13.1. The third-order valence-electron chi connectivity index (χ3n) is 4.15. The van der Waals surface area contributed by atoms with Crippen molar-refractivity contribution in [1.82, 2.24) is 10.2 Å². The van der Waals surface area contributed by atoms with Gasteiger partial charge in [-0.3, -0.25) is 4.90 Å². The van der Waals surface area contributed by atoms with Gasteiger partial charge in [-0.1, -0.05) is 22.0 Å². The molecule has 1 saturated heterocycles. The summed E-state index contributed by atoms with van der Waals surface area (Å²) in [6.45, 7) is 5.68. The second-order valence-electron chi connectivity index (χ2n) is 5.56. The van der Waals surface area contributed by atoms with Crippen LogP contribution in [-0.4, -0.2) is 44.2 Å². The Hall–Kier alpha value is -0.580. The topological polar surface area (TPSA) is 18.5 Å². The number of hydrogen-bond acceptors (Lipinski definition) is 3. The lowest BCUT2D eigenvalue weighted by Crippen LogP contribution is -2.47. The van der Waals surface area contributed by atoms with E-state index in [4.69, 9.17) is 0 Å². The van der Waals surface area contributed by atoms with E-state index in [0.717, 1.165) is 25.7 Å². The van der Waals surface area contributed by atoms with Crippen molar-refractivity contribution in [2.75, 3.05) is 38.1 Å². The van der Waals surface area contributed by atoms with Crippen LogP contribution >= 0.6 is 15.9 Å². The van der Waals surface area contributed by atoms with Crippen LogP contribution in [0.2, 0.25) is 0 Å². The van der Waals surface area contributed by atoms with Crippen LogP contribution in [0, 0.1) is 0 Å². The molecule has 3 rings (SSSR count). The molecule has 2 aliphatic rings. The van der Waals surface area contributed by atoms with Crippen molar-refractivity contribution in [3.05, 3.63) is 28.2 Å². The van der Waals surface area contributed by atoms with Gasteiger partial charge in [0.15, 0.2) is 0 Å². The first-order chi connectivity index (χ1) is 9.28. The molecule has 1 saturated carbocycles. The molecular weight excluding hydrogens is 302 g/mol. The summed E-state index contributed by atoms with van der Waals surface area (Å²) in [7, 11) is 1.98. The maximum atomic E-state index is 3.68. The Kier molecular flexibility index (Phi) is 4.10. The summed E-state index contributed by atoms with van der Waals surface area (Å²) in [4.78, 5) is 5.16. The van der Waals surface area contributed by atoms with Gasteiger partial charge in [-0.25, -0.2) is 0 Å². The standard InChI is InChI=1S/C15H22BrN3/c1-17-11-12-2-3-14(10-15(12)16)19-8-6-18(7-9-19)13-4-5-13/h2-3,10,13,17H,4-9,11H2,1H3. The molecule has 1 N–H and O–H groups in total. The van der Waals surface area contributed by atoms with Crippen molar-refractivity contribution in [2.24, 2.45) is 0 Å². The summed E-state index contributed by atoms with van der Waals surface area (Å²) in [5.74, 6) is 0. The van der Waals surface area contributed by atoms with Gasteiger partial charge in [0.2, 0.25) is 0 Å². The molecule has 0 unspecified atom stereocenters. The van der Waals surface area contributed by atoms with Crippen molar-refractivity contribution in [3.8, 4) is 0 Å². The van der Waals surface area contributed by atoms with E-state index in [-0.39, 0.29) is 0 Å². The van der Waals surface area contributed by atoms with E-state index >= 15 is 0 Å². The fourth-order valence-electron chi connectivity index (χ4n) is 2.85. The molecule has 0 atom stereocenters. The summed E-state index contributed by atoms with van der Waals surface area (Å²) in [5.41, 5.74) is 2.67. The molecule has 0 spiro atoms. The van der Waals surface area contributed by atoms with Gasteiger partial charge in [-0.15, -0.1) is 0 Å². The first-order valence-corrected chi connectivity index (χ1v) is 7.99. The van der Waals surface area contributed by atoms with Crippen molar-refractivity contribution in [1.29, 1.82) is 0 Å². The molecular formula is C15H22BrN3. The summed E-state index contributed by atoms with van der Waals surface area (Å²) in [6, 6.07) is 7.65. The van der Waals surface area contributed by atoms with Crippen molar-refractivity contribution in [2.45, 2.75) is 25.4 Å². The lowest BCUT2D eigenvalue weighted by Gasteiger charge is -2.36. The lowest BCUT2D eigenvalue weighted by atomic mass is 10.1. The average Bonchev–Trinajstić information content (AvgIpc) is 3.26. The molecule has 3 nitrogen and oxygen atoms in total. The summed E-state index contributed by atoms with van der Waals surface area (Å²) >= 11 is 3.68. The van der Waals surface area contributed by atoms with E-state index in [2.05, 4.69) is 49.2 Å². The average molecular weight is 324 g/mol. The number of nitrogens with one attached hydrogen (secondary N) is 1.